The van der Waals surface area contributed by atoms with E-state index in [1.54, 1.807) is 10.6 Å². The number of amides is 1. The molecule has 1 aromatic heterocycles. The Morgan fingerprint density at radius 1 is 1.14 bits per heavy atom. The van der Waals surface area contributed by atoms with Crippen LogP contribution in [0.25, 0.3) is 0 Å². The van der Waals surface area contributed by atoms with Crippen LogP contribution in [0.5, 0.6) is 5.75 Å². The quantitative estimate of drug-likeness (QED) is 0.587. The van der Waals surface area contributed by atoms with Crippen LogP contribution < -0.4 is 10.1 Å². The molecule has 152 valence electrons. The van der Waals surface area contributed by atoms with Gasteiger partial charge < -0.3 is 14.6 Å². The summed E-state index contributed by atoms with van der Waals surface area (Å²) in [7, 11) is 1.83. The van der Waals surface area contributed by atoms with E-state index in [4.69, 9.17) is 4.74 Å². The molecule has 0 radical (unpaired) electrons. The highest BCUT2D eigenvalue weighted by Gasteiger charge is 2.13. The number of carbonyl (C=O) groups is 1. The molecule has 0 spiro atoms. The van der Waals surface area contributed by atoms with Gasteiger partial charge in [-0.3, -0.25) is 4.79 Å². The minimum Gasteiger partial charge on any atom is -0.485 e. The van der Waals surface area contributed by atoms with Gasteiger partial charge in [-0.05, 0) is 50.1 Å². The van der Waals surface area contributed by atoms with Gasteiger partial charge in [0, 0.05) is 12.7 Å². The summed E-state index contributed by atoms with van der Waals surface area (Å²) in [5.41, 5.74) is 3.51. The fourth-order valence-corrected chi connectivity index (χ4v) is 3.48. The first-order valence-electron chi connectivity index (χ1n) is 9.10. The van der Waals surface area contributed by atoms with Crippen molar-refractivity contribution in [3.8, 4) is 5.75 Å². The monoisotopic (exact) mass is 414 g/mol. The summed E-state index contributed by atoms with van der Waals surface area (Å²) < 4.78 is 21.0. The van der Waals surface area contributed by atoms with Crippen molar-refractivity contribution in [3.63, 3.8) is 0 Å². The van der Waals surface area contributed by atoms with E-state index in [0.29, 0.717) is 16.7 Å². The van der Waals surface area contributed by atoms with Crippen LogP contribution in [0, 0.1) is 26.6 Å². The minimum atomic E-state index is -0.389. The van der Waals surface area contributed by atoms with Gasteiger partial charge in [0.05, 0.1) is 5.75 Å². The van der Waals surface area contributed by atoms with Crippen molar-refractivity contribution in [3.05, 3.63) is 64.7 Å². The molecule has 6 nitrogen and oxygen atoms in total. The first-order valence-corrected chi connectivity index (χ1v) is 10.1. The zero-order valence-electron chi connectivity index (χ0n) is 16.8. The summed E-state index contributed by atoms with van der Waals surface area (Å²) in [5, 5.41) is 11.6. The van der Waals surface area contributed by atoms with E-state index in [1.165, 1.54) is 29.5 Å². The third kappa shape index (κ3) is 5.35. The van der Waals surface area contributed by atoms with Gasteiger partial charge in [0.1, 0.15) is 18.2 Å². The molecular weight excluding hydrogens is 391 g/mol. The molecular formula is C21H23FN4O2S. The summed E-state index contributed by atoms with van der Waals surface area (Å²) >= 11 is 1.26. The molecule has 0 unspecified atom stereocenters. The highest BCUT2D eigenvalue weighted by molar-refractivity contribution is 7.99. The van der Waals surface area contributed by atoms with Crippen molar-refractivity contribution in [2.45, 2.75) is 32.5 Å². The standard InChI is InChI=1S/C21H23FN4O2S/c1-13-5-8-18(15(3)9-13)28-11-19-24-25-21(26(19)4)29-12-20(27)23-17-10-16(22)7-6-14(17)2/h5-10H,11-12H2,1-4H3,(H,23,27). The SMILES string of the molecule is Cc1ccc(OCc2nnc(SCC(=O)Nc3cc(F)ccc3C)n2C)c(C)c1. The van der Waals surface area contributed by atoms with E-state index in [0.717, 1.165) is 16.9 Å². The molecule has 0 bridgehead atoms. The lowest BCUT2D eigenvalue weighted by molar-refractivity contribution is -0.113. The summed E-state index contributed by atoms with van der Waals surface area (Å²) in [5.74, 6) is 0.978. The van der Waals surface area contributed by atoms with Crippen LogP contribution >= 0.6 is 11.8 Å². The van der Waals surface area contributed by atoms with Gasteiger partial charge in [-0.15, -0.1) is 10.2 Å². The zero-order valence-corrected chi connectivity index (χ0v) is 17.6. The zero-order chi connectivity index (χ0) is 21.0. The Kier molecular flexibility index (Phi) is 6.53. The number of hydrogen-bond acceptors (Lipinski definition) is 5. The molecule has 8 heteroatoms. The van der Waals surface area contributed by atoms with E-state index in [9.17, 15) is 9.18 Å². The molecule has 0 atom stereocenters. The molecule has 29 heavy (non-hydrogen) atoms. The Hall–Kier alpha value is -2.87. The van der Waals surface area contributed by atoms with E-state index in [-0.39, 0.29) is 24.1 Å². The Morgan fingerprint density at radius 3 is 2.69 bits per heavy atom. The molecule has 0 fully saturated rings. The number of aryl methyl sites for hydroxylation is 3. The van der Waals surface area contributed by atoms with Gasteiger partial charge in [-0.2, -0.15) is 0 Å². The van der Waals surface area contributed by atoms with Gasteiger partial charge in [0.2, 0.25) is 5.91 Å². The van der Waals surface area contributed by atoms with Gasteiger partial charge in [0.25, 0.3) is 0 Å². The Morgan fingerprint density at radius 2 is 1.93 bits per heavy atom. The molecule has 1 N–H and O–H groups in total. The van der Waals surface area contributed by atoms with Crippen molar-refractivity contribution < 1.29 is 13.9 Å². The van der Waals surface area contributed by atoms with Gasteiger partial charge in [0.15, 0.2) is 11.0 Å². The van der Waals surface area contributed by atoms with Crippen molar-refractivity contribution in [2.75, 3.05) is 11.1 Å². The lowest BCUT2D eigenvalue weighted by atomic mass is 10.1. The number of carbonyl (C=O) groups excluding carboxylic acids is 1. The van der Waals surface area contributed by atoms with Gasteiger partial charge >= 0.3 is 0 Å². The normalized spacial score (nSPS) is 10.8. The maximum absolute atomic E-state index is 13.4. The van der Waals surface area contributed by atoms with E-state index in [2.05, 4.69) is 21.6 Å². The number of benzene rings is 2. The van der Waals surface area contributed by atoms with Crippen LogP contribution in [0.4, 0.5) is 10.1 Å². The number of aromatic nitrogens is 3. The minimum absolute atomic E-state index is 0.139. The Bertz CT molecular complexity index is 1040. The van der Waals surface area contributed by atoms with E-state index in [1.807, 2.05) is 40.0 Å². The smallest absolute Gasteiger partial charge is 0.234 e. The molecule has 1 heterocycles. The maximum atomic E-state index is 13.4. The second-order valence-electron chi connectivity index (χ2n) is 6.81. The summed E-state index contributed by atoms with van der Waals surface area (Å²) in [4.78, 5) is 12.2. The Balaban J connectivity index is 1.56. The average Bonchev–Trinajstić information content (AvgIpc) is 3.02. The first-order chi connectivity index (χ1) is 13.8. The third-order valence-electron chi connectivity index (χ3n) is 4.42. The fourth-order valence-electron chi connectivity index (χ4n) is 2.75. The van der Waals surface area contributed by atoms with Crippen molar-refractivity contribution in [2.24, 2.45) is 7.05 Å². The third-order valence-corrected chi connectivity index (χ3v) is 5.44. The molecule has 0 saturated heterocycles. The number of halogens is 1. The topological polar surface area (TPSA) is 69.0 Å². The fraction of sp³-hybridized carbons (Fsp3) is 0.286. The molecule has 0 saturated carbocycles. The van der Waals surface area contributed by atoms with Gasteiger partial charge in [-0.25, -0.2) is 4.39 Å². The second kappa shape index (κ2) is 9.09. The van der Waals surface area contributed by atoms with E-state index < -0.39 is 0 Å². The predicted octanol–water partition coefficient (Wildman–Crippen LogP) is 4.19. The summed E-state index contributed by atoms with van der Waals surface area (Å²) in [6, 6.07) is 10.3. The molecule has 0 aliphatic carbocycles. The van der Waals surface area contributed by atoms with Crippen LogP contribution in [0.2, 0.25) is 0 Å². The maximum Gasteiger partial charge on any atom is 0.234 e. The number of anilines is 1. The predicted molar refractivity (Wildman–Crippen MR) is 112 cm³/mol. The molecule has 1 amide bonds. The van der Waals surface area contributed by atoms with Crippen LogP contribution in [-0.4, -0.2) is 26.4 Å². The van der Waals surface area contributed by atoms with Crippen LogP contribution in [0.3, 0.4) is 0 Å². The van der Waals surface area contributed by atoms with Crippen LogP contribution in [0.15, 0.2) is 41.6 Å². The van der Waals surface area contributed by atoms with Crippen molar-refractivity contribution in [1.82, 2.24) is 14.8 Å². The van der Waals surface area contributed by atoms with Crippen molar-refractivity contribution in [1.29, 1.82) is 0 Å². The number of thioether (sulfide) groups is 1. The summed E-state index contributed by atoms with van der Waals surface area (Å²) in [6.07, 6.45) is 0. The number of nitrogens with one attached hydrogen (secondary N) is 1. The van der Waals surface area contributed by atoms with Crippen molar-refractivity contribution >= 4 is 23.4 Å². The highest BCUT2D eigenvalue weighted by atomic mass is 32.2. The number of hydrogen-bond donors (Lipinski definition) is 1. The van der Waals surface area contributed by atoms with E-state index >= 15 is 0 Å². The number of ether oxygens (including phenoxy) is 1. The second-order valence-corrected chi connectivity index (χ2v) is 7.75. The largest absolute Gasteiger partial charge is 0.485 e. The lowest BCUT2D eigenvalue weighted by Gasteiger charge is -2.10. The number of rotatable bonds is 7. The molecule has 2 aromatic carbocycles. The molecule has 0 aliphatic heterocycles. The van der Waals surface area contributed by atoms with Gasteiger partial charge in [-0.1, -0.05) is 35.5 Å². The summed E-state index contributed by atoms with van der Waals surface area (Å²) in [6.45, 7) is 6.13. The molecule has 3 aromatic rings. The first kappa shape index (κ1) is 20.9. The Labute approximate surface area is 173 Å². The lowest BCUT2D eigenvalue weighted by Crippen LogP contribution is -2.15. The molecule has 3 rings (SSSR count). The van der Waals surface area contributed by atoms with Crippen LogP contribution in [0.1, 0.15) is 22.5 Å². The number of nitrogens with zero attached hydrogens (tertiary/aromatic N) is 3. The highest BCUT2D eigenvalue weighted by Crippen LogP contribution is 2.22. The van der Waals surface area contributed by atoms with Crippen LogP contribution in [-0.2, 0) is 18.4 Å². The molecule has 0 aliphatic rings. The average molecular weight is 415 g/mol.